The molecule has 5 rings (SSSR count). The number of carbonyl (C=O) groups is 2. The van der Waals surface area contributed by atoms with E-state index in [-0.39, 0.29) is 17.2 Å². The predicted molar refractivity (Wildman–Crippen MR) is 107 cm³/mol. The van der Waals surface area contributed by atoms with Crippen LogP contribution in [0.25, 0.3) is 6.08 Å². The summed E-state index contributed by atoms with van der Waals surface area (Å²) in [6.07, 6.45) is 8.85. The second kappa shape index (κ2) is 7.81. The topological polar surface area (TPSA) is 64.6 Å². The predicted octanol–water partition coefficient (Wildman–Crippen LogP) is 3.86. The van der Waals surface area contributed by atoms with Crippen molar-refractivity contribution in [3.63, 3.8) is 0 Å². The third kappa shape index (κ3) is 4.31. The Morgan fingerprint density at radius 2 is 1.79 bits per heavy atom. The molecule has 6 heteroatoms. The van der Waals surface area contributed by atoms with E-state index < -0.39 is 17.9 Å². The van der Waals surface area contributed by atoms with Crippen molar-refractivity contribution in [2.24, 2.45) is 17.8 Å². The number of ether oxygens (including phenoxy) is 2. The van der Waals surface area contributed by atoms with Crippen LogP contribution < -0.4 is 10.1 Å². The smallest absolute Gasteiger partial charge is 0.331 e. The molecular weight excluding hydrogens is 373 g/mol. The standard InChI is InChI=1S/C23H28FNO4/c1-14(29-21(26)6-4-15-3-5-20(28-2)19(24)10-15)22(27)25-23-11-16-7-17(12-23)9-18(8-16)13-23/h3-6,10,14,16-18H,7-9,11-13H2,1-2H3,(H,25,27)/b6-4+/t14-,16?,17?,18?,23?/m0/s1. The quantitative estimate of drug-likeness (QED) is 0.581. The number of methoxy groups -OCH3 is 1. The monoisotopic (exact) mass is 401 g/mol. The van der Waals surface area contributed by atoms with Crippen LogP contribution in [0.4, 0.5) is 4.39 Å². The van der Waals surface area contributed by atoms with E-state index in [4.69, 9.17) is 9.47 Å². The van der Waals surface area contributed by atoms with Crippen molar-refractivity contribution in [2.75, 3.05) is 7.11 Å². The fourth-order valence-electron chi connectivity index (χ4n) is 5.84. The summed E-state index contributed by atoms with van der Waals surface area (Å²) in [6, 6.07) is 4.39. The first-order valence-corrected chi connectivity index (χ1v) is 10.4. The SMILES string of the molecule is COc1ccc(/C=C/C(=O)O[C@@H](C)C(=O)NC23CC4CC(CC(C4)C2)C3)cc1F. The largest absolute Gasteiger partial charge is 0.494 e. The van der Waals surface area contributed by atoms with Gasteiger partial charge in [0.25, 0.3) is 5.91 Å². The summed E-state index contributed by atoms with van der Waals surface area (Å²) in [7, 11) is 1.39. The van der Waals surface area contributed by atoms with Crippen LogP contribution in [0.1, 0.15) is 51.0 Å². The fraction of sp³-hybridized carbons (Fsp3) is 0.565. The van der Waals surface area contributed by atoms with Gasteiger partial charge in [-0.3, -0.25) is 4.79 Å². The van der Waals surface area contributed by atoms with Crippen LogP contribution in [0, 0.1) is 23.6 Å². The highest BCUT2D eigenvalue weighted by atomic mass is 19.1. The molecule has 0 unspecified atom stereocenters. The van der Waals surface area contributed by atoms with Gasteiger partial charge in [0.2, 0.25) is 0 Å². The molecule has 0 spiro atoms. The Labute approximate surface area is 170 Å². The summed E-state index contributed by atoms with van der Waals surface area (Å²) >= 11 is 0. The Morgan fingerprint density at radius 3 is 2.34 bits per heavy atom. The third-order valence-corrected chi connectivity index (χ3v) is 6.68. The molecule has 0 radical (unpaired) electrons. The molecular formula is C23H28FNO4. The molecule has 4 bridgehead atoms. The van der Waals surface area contributed by atoms with Crippen LogP contribution in [0.2, 0.25) is 0 Å². The molecule has 0 aliphatic heterocycles. The van der Waals surface area contributed by atoms with Gasteiger partial charge in [-0.2, -0.15) is 0 Å². The minimum atomic E-state index is -0.868. The van der Waals surface area contributed by atoms with Gasteiger partial charge in [0, 0.05) is 11.6 Å². The highest BCUT2D eigenvalue weighted by Gasteiger charge is 2.51. The zero-order chi connectivity index (χ0) is 20.6. The van der Waals surface area contributed by atoms with Crippen molar-refractivity contribution >= 4 is 18.0 Å². The van der Waals surface area contributed by atoms with Gasteiger partial charge in [0.05, 0.1) is 7.11 Å². The van der Waals surface area contributed by atoms with E-state index in [1.54, 1.807) is 13.0 Å². The lowest BCUT2D eigenvalue weighted by Gasteiger charge is -2.57. The summed E-state index contributed by atoms with van der Waals surface area (Å²) in [4.78, 5) is 24.8. The van der Waals surface area contributed by atoms with Crippen molar-refractivity contribution in [3.8, 4) is 5.75 Å². The van der Waals surface area contributed by atoms with E-state index in [1.165, 1.54) is 50.7 Å². The zero-order valence-electron chi connectivity index (χ0n) is 16.9. The van der Waals surface area contributed by atoms with Gasteiger partial charge in [-0.05, 0) is 87.0 Å². The van der Waals surface area contributed by atoms with Crippen LogP contribution in [-0.4, -0.2) is 30.6 Å². The first kappa shape index (κ1) is 19.9. The maximum Gasteiger partial charge on any atom is 0.331 e. The molecule has 1 N–H and O–H groups in total. The molecule has 4 fully saturated rings. The number of halogens is 1. The van der Waals surface area contributed by atoms with Gasteiger partial charge in [0.1, 0.15) is 0 Å². The zero-order valence-corrected chi connectivity index (χ0v) is 16.9. The molecule has 29 heavy (non-hydrogen) atoms. The van der Waals surface area contributed by atoms with E-state index >= 15 is 0 Å². The number of carbonyl (C=O) groups excluding carboxylic acids is 2. The lowest BCUT2D eigenvalue weighted by molar-refractivity contribution is -0.152. The van der Waals surface area contributed by atoms with Crippen LogP contribution in [0.5, 0.6) is 5.75 Å². The van der Waals surface area contributed by atoms with E-state index in [0.29, 0.717) is 5.56 Å². The number of hydrogen-bond acceptors (Lipinski definition) is 4. The number of esters is 1. The Bertz CT molecular complexity index is 799. The lowest BCUT2D eigenvalue weighted by atomic mass is 9.53. The lowest BCUT2D eigenvalue weighted by Crippen LogP contribution is -2.61. The summed E-state index contributed by atoms with van der Waals surface area (Å²) in [5.74, 6) is 0.955. The highest BCUT2D eigenvalue weighted by molar-refractivity contribution is 5.90. The third-order valence-electron chi connectivity index (χ3n) is 6.68. The molecule has 0 aromatic heterocycles. The van der Waals surface area contributed by atoms with Gasteiger partial charge >= 0.3 is 5.97 Å². The van der Waals surface area contributed by atoms with E-state index in [1.807, 2.05) is 0 Å². The summed E-state index contributed by atoms with van der Waals surface area (Å²) < 4.78 is 23.9. The Balaban J connectivity index is 1.31. The van der Waals surface area contributed by atoms with E-state index in [9.17, 15) is 14.0 Å². The normalized spacial score (nSPS) is 30.9. The molecule has 4 saturated carbocycles. The maximum atomic E-state index is 13.7. The molecule has 5 nitrogen and oxygen atoms in total. The van der Waals surface area contributed by atoms with Crippen molar-refractivity contribution in [1.82, 2.24) is 5.32 Å². The van der Waals surface area contributed by atoms with Crippen LogP contribution in [0.3, 0.4) is 0 Å². The summed E-state index contributed by atoms with van der Waals surface area (Å²) in [5, 5.41) is 3.22. The van der Waals surface area contributed by atoms with Crippen LogP contribution >= 0.6 is 0 Å². The van der Waals surface area contributed by atoms with Crippen LogP contribution in [0.15, 0.2) is 24.3 Å². The first-order valence-electron chi connectivity index (χ1n) is 10.4. The molecule has 156 valence electrons. The van der Waals surface area contributed by atoms with Gasteiger partial charge < -0.3 is 14.8 Å². The number of benzene rings is 1. The molecule has 0 heterocycles. The second-order valence-electron chi connectivity index (χ2n) is 8.99. The van der Waals surface area contributed by atoms with Crippen molar-refractivity contribution in [1.29, 1.82) is 0 Å². The second-order valence-corrected chi connectivity index (χ2v) is 8.99. The fourth-order valence-corrected chi connectivity index (χ4v) is 5.84. The molecule has 1 atom stereocenters. The molecule has 4 aliphatic rings. The minimum Gasteiger partial charge on any atom is -0.494 e. The van der Waals surface area contributed by atoms with E-state index in [0.717, 1.165) is 37.0 Å². The minimum absolute atomic E-state index is 0.108. The van der Waals surface area contributed by atoms with Crippen LogP contribution in [-0.2, 0) is 14.3 Å². The number of rotatable bonds is 6. The van der Waals surface area contributed by atoms with Crippen molar-refractivity contribution in [2.45, 2.75) is 57.1 Å². The summed E-state index contributed by atoms with van der Waals surface area (Å²) in [5.41, 5.74) is 0.397. The Kier molecular flexibility index (Phi) is 5.36. The number of nitrogens with one attached hydrogen (secondary N) is 1. The van der Waals surface area contributed by atoms with Gasteiger partial charge in [0.15, 0.2) is 17.7 Å². The average molecular weight is 401 g/mol. The highest BCUT2D eigenvalue weighted by Crippen LogP contribution is 2.55. The first-order chi connectivity index (χ1) is 13.9. The van der Waals surface area contributed by atoms with Gasteiger partial charge in [-0.25, -0.2) is 9.18 Å². The van der Waals surface area contributed by atoms with Crippen molar-refractivity contribution < 1.29 is 23.5 Å². The van der Waals surface area contributed by atoms with E-state index in [2.05, 4.69) is 5.32 Å². The number of amides is 1. The average Bonchev–Trinajstić information content (AvgIpc) is 2.65. The molecule has 1 aromatic rings. The molecule has 0 saturated heterocycles. The molecule has 1 amide bonds. The summed E-state index contributed by atoms with van der Waals surface area (Å²) in [6.45, 7) is 1.59. The van der Waals surface area contributed by atoms with Gasteiger partial charge in [-0.15, -0.1) is 0 Å². The molecule has 4 aliphatic carbocycles. The number of hydrogen-bond donors (Lipinski definition) is 1. The molecule has 1 aromatic carbocycles. The Morgan fingerprint density at radius 1 is 1.17 bits per heavy atom. The Hall–Kier alpha value is -2.37. The van der Waals surface area contributed by atoms with Crippen molar-refractivity contribution in [3.05, 3.63) is 35.7 Å². The van der Waals surface area contributed by atoms with Gasteiger partial charge in [-0.1, -0.05) is 6.07 Å². The maximum absolute atomic E-state index is 13.7.